The molecule has 0 rings (SSSR count). The summed E-state index contributed by atoms with van der Waals surface area (Å²) in [4.78, 5) is 38.2. The molecule has 0 aromatic rings. The highest BCUT2D eigenvalue weighted by molar-refractivity contribution is 5.71. The van der Waals surface area contributed by atoms with Crippen LogP contribution in [0.3, 0.4) is 0 Å². The van der Waals surface area contributed by atoms with Crippen molar-refractivity contribution in [3.63, 3.8) is 0 Å². The summed E-state index contributed by atoms with van der Waals surface area (Å²) in [6.07, 6.45) is 92.1. The number of hydrogen-bond acceptors (Lipinski definition) is 6. The Morgan fingerprint density at radius 2 is 0.481 bits per heavy atom. The first-order valence-corrected chi connectivity index (χ1v) is 35.1. The first-order valence-electron chi connectivity index (χ1n) is 35.1. The molecule has 0 saturated carbocycles. The summed E-state index contributed by atoms with van der Waals surface area (Å²) in [5.41, 5.74) is 0. The van der Waals surface area contributed by atoms with Crippen LogP contribution in [0.25, 0.3) is 0 Å². The monoisotopic (exact) mass is 1130 g/mol. The fraction of sp³-hybridized carbons (Fsp3) is 0.773. The van der Waals surface area contributed by atoms with Crippen LogP contribution in [0, 0.1) is 0 Å². The summed E-state index contributed by atoms with van der Waals surface area (Å²) in [6.45, 7) is 6.50. The third-order valence-corrected chi connectivity index (χ3v) is 15.4. The molecule has 6 nitrogen and oxygen atoms in total. The molecule has 0 saturated heterocycles. The molecule has 1 unspecified atom stereocenters. The molecule has 0 aromatic carbocycles. The van der Waals surface area contributed by atoms with Crippen molar-refractivity contribution in [1.82, 2.24) is 0 Å². The summed E-state index contributed by atoms with van der Waals surface area (Å²) in [5, 5.41) is 0. The Hall–Kier alpha value is -3.41. The second-order valence-corrected chi connectivity index (χ2v) is 23.4. The molecule has 0 heterocycles. The molecule has 0 N–H and O–H groups in total. The highest BCUT2D eigenvalue weighted by Gasteiger charge is 2.19. The van der Waals surface area contributed by atoms with Gasteiger partial charge in [0.05, 0.1) is 0 Å². The van der Waals surface area contributed by atoms with Crippen LogP contribution in [-0.4, -0.2) is 37.2 Å². The standard InChI is InChI=1S/C75H132O6/c1-4-7-10-13-16-19-21-23-25-27-29-30-31-32-33-34-35-36-37-38-39-40-41-42-43-44-46-47-49-51-53-56-59-62-65-68-74(77)80-71-72(70-79-73(76)67-64-61-58-55-18-15-12-9-6-3)81-75(78)69-66-63-60-57-54-52-50-48-45-28-26-24-22-20-17-14-11-8-5-2/h8,11,17,20-21,23-24,26-27,29,45,48,52,54,72H,4-7,9-10,12-16,18-19,22,25,28,30-44,46-47,49-51,53,55-71H2,1-3H3/b11-8-,20-17-,23-21-,26-24-,29-27-,48-45-,54-52-. The van der Waals surface area contributed by atoms with Crippen molar-refractivity contribution in [2.75, 3.05) is 13.2 Å². The van der Waals surface area contributed by atoms with Crippen molar-refractivity contribution in [2.45, 2.75) is 361 Å². The van der Waals surface area contributed by atoms with E-state index < -0.39 is 6.10 Å². The summed E-state index contributed by atoms with van der Waals surface area (Å²) in [6, 6.07) is 0. The number of unbranched alkanes of at least 4 members (excludes halogenated alkanes) is 39. The highest BCUT2D eigenvalue weighted by Crippen LogP contribution is 2.18. The minimum Gasteiger partial charge on any atom is -0.462 e. The Morgan fingerprint density at radius 3 is 0.765 bits per heavy atom. The van der Waals surface area contributed by atoms with Crippen LogP contribution in [0.2, 0.25) is 0 Å². The molecule has 0 aliphatic heterocycles. The van der Waals surface area contributed by atoms with E-state index in [9.17, 15) is 14.4 Å². The predicted molar refractivity (Wildman–Crippen MR) is 353 cm³/mol. The first-order chi connectivity index (χ1) is 40.0. The van der Waals surface area contributed by atoms with Gasteiger partial charge in [0.1, 0.15) is 13.2 Å². The van der Waals surface area contributed by atoms with Gasteiger partial charge in [-0.3, -0.25) is 14.4 Å². The second kappa shape index (κ2) is 69.1. The predicted octanol–water partition coefficient (Wildman–Crippen LogP) is 24.2. The quantitative estimate of drug-likeness (QED) is 0.0261. The van der Waals surface area contributed by atoms with E-state index in [1.54, 1.807) is 0 Å². The van der Waals surface area contributed by atoms with Crippen molar-refractivity contribution < 1.29 is 28.6 Å². The van der Waals surface area contributed by atoms with Gasteiger partial charge in [0.2, 0.25) is 0 Å². The van der Waals surface area contributed by atoms with E-state index in [4.69, 9.17) is 14.2 Å². The SMILES string of the molecule is CC/C=C\C/C=C\C/C=C\C/C=C\C/C=C\CCCCCC(=O)OC(COC(=O)CCCCCCCCCCC)COC(=O)CCCCCCCCCCCCCCCCCCCCCCCCC/C=C\C/C=C\CCCCCCC. The van der Waals surface area contributed by atoms with E-state index >= 15 is 0 Å². The van der Waals surface area contributed by atoms with Crippen LogP contribution in [0.5, 0.6) is 0 Å². The fourth-order valence-corrected chi connectivity index (χ4v) is 10.2. The van der Waals surface area contributed by atoms with Gasteiger partial charge >= 0.3 is 17.9 Å². The van der Waals surface area contributed by atoms with E-state index in [0.717, 1.165) is 103 Å². The van der Waals surface area contributed by atoms with Crippen molar-refractivity contribution in [3.05, 3.63) is 85.1 Å². The third-order valence-electron chi connectivity index (χ3n) is 15.4. The first kappa shape index (κ1) is 77.6. The smallest absolute Gasteiger partial charge is 0.306 e. The lowest BCUT2D eigenvalue weighted by Crippen LogP contribution is -2.30. The maximum absolute atomic E-state index is 12.9. The second-order valence-electron chi connectivity index (χ2n) is 23.4. The average Bonchev–Trinajstić information content (AvgIpc) is 3.47. The van der Waals surface area contributed by atoms with Crippen LogP contribution in [-0.2, 0) is 28.6 Å². The van der Waals surface area contributed by atoms with Crippen LogP contribution >= 0.6 is 0 Å². The van der Waals surface area contributed by atoms with E-state index in [0.29, 0.717) is 19.3 Å². The molecule has 1 atom stereocenters. The summed E-state index contributed by atoms with van der Waals surface area (Å²) in [7, 11) is 0. The van der Waals surface area contributed by atoms with E-state index in [1.807, 2.05) is 0 Å². The zero-order chi connectivity index (χ0) is 58.5. The minimum absolute atomic E-state index is 0.0858. The third kappa shape index (κ3) is 67.3. The van der Waals surface area contributed by atoms with Gasteiger partial charge in [-0.1, -0.05) is 324 Å². The molecule has 0 aliphatic carbocycles. The Morgan fingerprint density at radius 1 is 0.259 bits per heavy atom. The molecule has 6 heteroatoms. The number of carbonyl (C=O) groups excluding carboxylic acids is 3. The molecule has 0 radical (unpaired) electrons. The number of hydrogen-bond donors (Lipinski definition) is 0. The van der Waals surface area contributed by atoms with Gasteiger partial charge in [-0.25, -0.2) is 0 Å². The van der Waals surface area contributed by atoms with Gasteiger partial charge in [-0.05, 0) is 96.3 Å². The zero-order valence-electron chi connectivity index (χ0n) is 53.8. The van der Waals surface area contributed by atoms with Gasteiger partial charge in [0, 0.05) is 19.3 Å². The van der Waals surface area contributed by atoms with Crippen LogP contribution in [0.15, 0.2) is 85.1 Å². The summed E-state index contributed by atoms with van der Waals surface area (Å²) in [5.74, 6) is -0.906. The van der Waals surface area contributed by atoms with E-state index in [2.05, 4.69) is 106 Å². The molecule has 0 bridgehead atoms. The lowest BCUT2D eigenvalue weighted by Gasteiger charge is -2.18. The normalized spacial score (nSPS) is 12.6. The Kier molecular flexibility index (Phi) is 66.2. The number of rotatable bonds is 64. The molecular formula is C75H132O6. The minimum atomic E-state index is -0.791. The fourth-order valence-electron chi connectivity index (χ4n) is 10.2. The Labute approximate surface area is 503 Å². The number of allylic oxidation sites excluding steroid dienone is 14. The van der Waals surface area contributed by atoms with Crippen molar-refractivity contribution in [1.29, 1.82) is 0 Å². The number of esters is 3. The maximum Gasteiger partial charge on any atom is 0.306 e. The van der Waals surface area contributed by atoms with Crippen molar-refractivity contribution in [2.24, 2.45) is 0 Å². The molecule has 81 heavy (non-hydrogen) atoms. The highest BCUT2D eigenvalue weighted by atomic mass is 16.6. The average molecular weight is 1130 g/mol. The molecule has 0 amide bonds. The lowest BCUT2D eigenvalue weighted by molar-refractivity contribution is -0.167. The van der Waals surface area contributed by atoms with Gasteiger partial charge in [-0.15, -0.1) is 0 Å². The maximum atomic E-state index is 12.9. The molecular weight excluding hydrogens is 997 g/mol. The van der Waals surface area contributed by atoms with Crippen molar-refractivity contribution in [3.8, 4) is 0 Å². The summed E-state index contributed by atoms with van der Waals surface area (Å²) < 4.78 is 16.9. The Bertz CT molecular complexity index is 1530. The molecule has 0 aliphatic rings. The zero-order valence-corrected chi connectivity index (χ0v) is 53.8. The van der Waals surface area contributed by atoms with Crippen LogP contribution < -0.4 is 0 Å². The number of ether oxygens (including phenoxy) is 3. The van der Waals surface area contributed by atoms with Gasteiger partial charge in [0.25, 0.3) is 0 Å². The van der Waals surface area contributed by atoms with Crippen molar-refractivity contribution >= 4 is 17.9 Å². The molecule has 0 aromatic heterocycles. The number of carbonyl (C=O) groups is 3. The largest absolute Gasteiger partial charge is 0.462 e. The van der Waals surface area contributed by atoms with Crippen LogP contribution in [0.4, 0.5) is 0 Å². The molecule has 0 fully saturated rings. The topological polar surface area (TPSA) is 78.9 Å². The molecule has 0 spiro atoms. The van der Waals surface area contributed by atoms with Gasteiger partial charge in [-0.2, -0.15) is 0 Å². The molecule has 468 valence electrons. The Balaban J connectivity index is 4.06. The van der Waals surface area contributed by atoms with E-state index in [-0.39, 0.29) is 31.1 Å². The summed E-state index contributed by atoms with van der Waals surface area (Å²) >= 11 is 0. The van der Waals surface area contributed by atoms with Crippen LogP contribution in [0.1, 0.15) is 355 Å². The van der Waals surface area contributed by atoms with Gasteiger partial charge in [0.15, 0.2) is 6.10 Å². The lowest BCUT2D eigenvalue weighted by atomic mass is 10.0. The van der Waals surface area contributed by atoms with E-state index in [1.165, 1.54) is 212 Å². The van der Waals surface area contributed by atoms with Gasteiger partial charge < -0.3 is 14.2 Å².